The standard InChI is InChI=1S/C26H34F3N7O2/c1-16(2)31-23(37)19-5-4-6-21(19)33-22-20(26(27,28)29)15-30-25(34-22)32-18-9-7-17(8-10-18)24(38)36-13-11-35(3)12-14-36/h7-10,15-16,19,21H,4-6,11-14H2,1-3H3,(H,31,37)(H2,30,32,33,34)/t19-,21-/m0/s1. The van der Waals surface area contributed by atoms with Crippen LogP contribution >= 0.6 is 0 Å². The summed E-state index contributed by atoms with van der Waals surface area (Å²) in [6, 6.07) is 6.14. The molecule has 2 amide bonds. The van der Waals surface area contributed by atoms with Gasteiger partial charge in [-0.3, -0.25) is 9.59 Å². The molecular formula is C26H34F3N7O2. The lowest BCUT2D eigenvalue weighted by molar-refractivity contribution is -0.137. The molecule has 1 aromatic carbocycles. The number of nitrogens with one attached hydrogen (secondary N) is 3. The largest absolute Gasteiger partial charge is 0.421 e. The fourth-order valence-electron chi connectivity index (χ4n) is 4.79. The van der Waals surface area contributed by atoms with E-state index in [0.29, 0.717) is 37.2 Å². The van der Waals surface area contributed by atoms with Crippen LogP contribution in [-0.2, 0) is 11.0 Å². The molecule has 1 saturated heterocycles. The number of halogens is 3. The quantitative estimate of drug-likeness (QED) is 0.499. The summed E-state index contributed by atoms with van der Waals surface area (Å²) < 4.78 is 41.2. The molecule has 12 heteroatoms. The molecule has 1 aliphatic heterocycles. The van der Waals surface area contributed by atoms with Crippen LogP contribution in [0.25, 0.3) is 0 Å². The van der Waals surface area contributed by atoms with Crippen LogP contribution in [0.15, 0.2) is 30.5 Å². The first-order valence-corrected chi connectivity index (χ1v) is 12.9. The highest BCUT2D eigenvalue weighted by Crippen LogP contribution is 2.36. The number of likely N-dealkylation sites (N-methyl/N-ethyl adjacent to an activating group) is 1. The van der Waals surface area contributed by atoms with E-state index in [4.69, 9.17) is 0 Å². The SMILES string of the molecule is CC(C)NC(=O)[C@H]1CCC[C@@H]1Nc1nc(Nc2ccc(C(=O)N3CCN(C)CC3)cc2)ncc1C(F)(F)F. The highest BCUT2D eigenvalue weighted by atomic mass is 19.4. The molecule has 4 rings (SSSR count). The minimum atomic E-state index is -4.67. The summed E-state index contributed by atoms with van der Waals surface area (Å²) in [5.41, 5.74) is 0.0644. The number of benzene rings is 1. The number of hydrogen-bond donors (Lipinski definition) is 3. The third-order valence-electron chi connectivity index (χ3n) is 6.88. The number of rotatable bonds is 7. The Kier molecular flexibility index (Phi) is 8.39. The Hall–Kier alpha value is -3.41. The smallest absolute Gasteiger partial charge is 0.366 e. The zero-order valence-corrected chi connectivity index (χ0v) is 21.8. The number of carbonyl (C=O) groups is 2. The predicted molar refractivity (Wildman–Crippen MR) is 138 cm³/mol. The van der Waals surface area contributed by atoms with Crippen molar-refractivity contribution in [3.63, 3.8) is 0 Å². The van der Waals surface area contributed by atoms with E-state index in [-0.39, 0.29) is 29.6 Å². The number of alkyl halides is 3. The van der Waals surface area contributed by atoms with Gasteiger partial charge in [-0.15, -0.1) is 0 Å². The van der Waals surface area contributed by atoms with E-state index in [1.54, 1.807) is 29.2 Å². The van der Waals surface area contributed by atoms with E-state index in [2.05, 4.69) is 30.8 Å². The number of aromatic nitrogens is 2. The average molecular weight is 534 g/mol. The maximum atomic E-state index is 13.7. The number of hydrogen-bond acceptors (Lipinski definition) is 7. The average Bonchev–Trinajstić information content (AvgIpc) is 3.32. The fourth-order valence-corrected chi connectivity index (χ4v) is 4.79. The van der Waals surface area contributed by atoms with Gasteiger partial charge in [0.15, 0.2) is 0 Å². The molecule has 38 heavy (non-hydrogen) atoms. The van der Waals surface area contributed by atoms with Crippen LogP contribution in [0.2, 0.25) is 0 Å². The Morgan fingerprint density at radius 1 is 1.05 bits per heavy atom. The number of anilines is 3. The van der Waals surface area contributed by atoms with E-state index < -0.39 is 23.7 Å². The molecule has 1 aromatic heterocycles. The monoisotopic (exact) mass is 533 g/mol. The van der Waals surface area contributed by atoms with E-state index in [0.717, 1.165) is 25.7 Å². The molecule has 0 unspecified atom stereocenters. The summed E-state index contributed by atoms with van der Waals surface area (Å²) in [7, 11) is 2.02. The van der Waals surface area contributed by atoms with Gasteiger partial charge in [-0.25, -0.2) is 4.98 Å². The van der Waals surface area contributed by atoms with Crippen molar-refractivity contribution >= 4 is 29.3 Å². The van der Waals surface area contributed by atoms with E-state index in [1.165, 1.54) is 0 Å². The second-order valence-corrected chi connectivity index (χ2v) is 10.2. The van der Waals surface area contributed by atoms with E-state index in [9.17, 15) is 22.8 Å². The molecule has 2 aromatic rings. The Bertz CT molecular complexity index is 1130. The van der Waals surface area contributed by atoms with Crippen molar-refractivity contribution in [1.82, 2.24) is 25.1 Å². The molecule has 2 atom stereocenters. The molecule has 2 aliphatic rings. The molecule has 0 bridgehead atoms. The van der Waals surface area contributed by atoms with Crippen LogP contribution in [0.5, 0.6) is 0 Å². The minimum absolute atomic E-state index is 0.0279. The van der Waals surface area contributed by atoms with Gasteiger partial charge in [-0.05, 0) is 58.0 Å². The normalized spacial score (nSPS) is 20.4. The van der Waals surface area contributed by atoms with Gasteiger partial charge in [-0.2, -0.15) is 18.2 Å². The first-order chi connectivity index (χ1) is 18.0. The number of nitrogens with zero attached hydrogens (tertiary/aromatic N) is 4. The lowest BCUT2D eigenvalue weighted by Gasteiger charge is -2.32. The fraction of sp³-hybridized carbons (Fsp3) is 0.538. The third kappa shape index (κ3) is 6.72. The topological polar surface area (TPSA) is 102 Å². The predicted octanol–water partition coefficient (Wildman–Crippen LogP) is 3.73. The van der Waals surface area contributed by atoms with Crippen LogP contribution in [0.4, 0.5) is 30.6 Å². The first kappa shape index (κ1) is 27.6. The van der Waals surface area contributed by atoms with Crippen molar-refractivity contribution in [1.29, 1.82) is 0 Å². The van der Waals surface area contributed by atoms with E-state index >= 15 is 0 Å². The van der Waals surface area contributed by atoms with Crippen LogP contribution in [0.1, 0.15) is 49.0 Å². The molecule has 2 heterocycles. The molecule has 0 spiro atoms. The van der Waals surface area contributed by atoms with Crippen molar-refractivity contribution in [2.24, 2.45) is 5.92 Å². The van der Waals surface area contributed by atoms with Crippen molar-refractivity contribution in [3.05, 3.63) is 41.6 Å². The first-order valence-electron chi connectivity index (χ1n) is 12.9. The summed E-state index contributed by atoms with van der Waals surface area (Å²) in [6.45, 7) is 6.63. The van der Waals surface area contributed by atoms with Crippen LogP contribution < -0.4 is 16.0 Å². The lowest BCUT2D eigenvalue weighted by atomic mass is 10.0. The number of carbonyl (C=O) groups excluding carboxylic acids is 2. The van der Waals surface area contributed by atoms with Gasteiger partial charge in [0.05, 0.1) is 5.92 Å². The van der Waals surface area contributed by atoms with Crippen molar-refractivity contribution < 1.29 is 22.8 Å². The van der Waals surface area contributed by atoms with Crippen LogP contribution in [0, 0.1) is 5.92 Å². The summed E-state index contributed by atoms with van der Waals surface area (Å²) in [5.74, 6) is -1.09. The minimum Gasteiger partial charge on any atom is -0.366 e. The Morgan fingerprint density at radius 3 is 2.37 bits per heavy atom. The Morgan fingerprint density at radius 2 is 1.74 bits per heavy atom. The molecule has 0 radical (unpaired) electrons. The Labute approximate surface area is 220 Å². The summed E-state index contributed by atoms with van der Waals surface area (Å²) >= 11 is 0. The molecule has 206 valence electrons. The van der Waals surface area contributed by atoms with E-state index in [1.807, 2.05) is 20.9 Å². The molecule has 2 fully saturated rings. The summed E-state index contributed by atoms with van der Waals surface area (Å²) in [4.78, 5) is 37.3. The van der Waals surface area contributed by atoms with Gasteiger partial charge in [-0.1, -0.05) is 6.42 Å². The second-order valence-electron chi connectivity index (χ2n) is 10.2. The highest BCUT2D eigenvalue weighted by molar-refractivity contribution is 5.94. The zero-order valence-electron chi connectivity index (χ0n) is 21.8. The van der Waals surface area contributed by atoms with Gasteiger partial charge in [0.25, 0.3) is 5.91 Å². The van der Waals surface area contributed by atoms with Crippen molar-refractivity contribution in [3.8, 4) is 0 Å². The Balaban J connectivity index is 1.49. The summed E-state index contributed by atoms with van der Waals surface area (Å²) in [6.07, 6.45) is -2.05. The number of amides is 2. The second kappa shape index (κ2) is 11.5. The molecule has 9 nitrogen and oxygen atoms in total. The molecule has 1 aliphatic carbocycles. The third-order valence-corrected chi connectivity index (χ3v) is 6.88. The molecule has 3 N–H and O–H groups in total. The number of piperazine rings is 1. The van der Waals surface area contributed by atoms with Crippen molar-refractivity contribution in [2.75, 3.05) is 43.9 Å². The van der Waals surface area contributed by atoms with Gasteiger partial charge in [0, 0.05) is 55.7 Å². The van der Waals surface area contributed by atoms with Gasteiger partial charge < -0.3 is 25.8 Å². The zero-order chi connectivity index (χ0) is 27.4. The molecule has 1 saturated carbocycles. The van der Waals surface area contributed by atoms with Gasteiger partial charge in [0.2, 0.25) is 11.9 Å². The van der Waals surface area contributed by atoms with Crippen LogP contribution in [-0.4, -0.2) is 76.9 Å². The van der Waals surface area contributed by atoms with Gasteiger partial charge >= 0.3 is 6.18 Å². The maximum Gasteiger partial charge on any atom is 0.421 e. The van der Waals surface area contributed by atoms with Gasteiger partial charge in [0.1, 0.15) is 11.4 Å². The lowest BCUT2D eigenvalue weighted by Crippen LogP contribution is -2.47. The molecular weight excluding hydrogens is 499 g/mol. The van der Waals surface area contributed by atoms with Crippen LogP contribution in [0.3, 0.4) is 0 Å². The highest BCUT2D eigenvalue weighted by Gasteiger charge is 2.39. The summed E-state index contributed by atoms with van der Waals surface area (Å²) in [5, 5.41) is 8.65. The maximum absolute atomic E-state index is 13.7. The van der Waals surface area contributed by atoms with Crippen molar-refractivity contribution in [2.45, 2.75) is 51.4 Å².